The fourth-order valence-electron chi connectivity index (χ4n) is 4.63. The Morgan fingerprint density at radius 3 is 2.26 bits per heavy atom. The average molecular weight is 484 g/mol. The molecule has 0 aliphatic carbocycles. The predicted octanol–water partition coefficient (Wildman–Crippen LogP) is 2.37. The van der Waals surface area contributed by atoms with Crippen molar-refractivity contribution < 1.29 is 28.2 Å². The van der Waals surface area contributed by atoms with Gasteiger partial charge in [0, 0.05) is 50.7 Å². The number of halogens is 1. The Kier molecular flexibility index (Phi) is 7.47. The van der Waals surface area contributed by atoms with Crippen molar-refractivity contribution in [1.29, 1.82) is 0 Å². The Bertz CT molecular complexity index is 1070. The number of carbonyl (C=O) groups is 3. The van der Waals surface area contributed by atoms with Gasteiger partial charge in [-0.05, 0) is 43.3 Å². The van der Waals surface area contributed by atoms with Crippen LogP contribution in [0.2, 0.25) is 0 Å². The Hall–Kier alpha value is -3.30. The molecular weight excluding hydrogens is 453 g/mol. The van der Waals surface area contributed by atoms with Crippen LogP contribution in [0.25, 0.3) is 0 Å². The van der Waals surface area contributed by atoms with E-state index in [0.29, 0.717) is 44.6 Å². The van der Waals surface area contributed by atoms with Crippen LogP contribution >= 0.6 is 0 Å². The first kappa shape index (κ1) is 24.8. The molecule has 2 heterocycles. The van der Waals surface area contributed by atoms with E-state index in [0.717, 1.165) is 5.56 Å². The number of hydrogen-bond acceptors (Lipinski definition) is 5. The number of likely N-dealkylation sites (tertiary alicyclic amines) is 1. The second-order valence-electron chi connectivity index (χ2n) is 8.90. The fourth-order valence-corrected chi connectivity index (χ4v) is 4.63. The van der Waals surface area contributed by atoms with Gasteiger partial charge in [0.2, 0.25) is 5.91 Å². The Morgan fingerprint density at radius 2 is 1.63 bits per heavy atom. The highest BCUT2D eigenvalue weighted by Gasteiger charge is 2.54. The van der Waals surface area contributed by atoms with Gasteiger partial charge in [-0.15, -0.1) is 0 Å². The molecule has 35 heavy (non-hydrogen) atoms. The number of benzene rings is 2. The molecule has 0 aromatic heterocycles. The second-order valence-corrected chi connectivity index (χ2v) is 8.90. The van der Waals surface area contributed by atoms with Crippen molar-refractivity contribution in [3.8, 4) is 0 Å². The van der Waals surface area contributed by atoms with Crippen molar-refractivity contribution in [2.45, 2.75) is 31.5 Å². The van der Waals surface area contributed by atoms with E-state index in [1.165, 1.54) is 36.3 Å². The topological polar surface area (TPSA) is 88.2 Å². The first-order chi connectivity index (χ1) is 16.8. The Labute approximate surface area is 204 Å². The first-order valence-electron chi connectivity index (χ1n) is 11.7. The number of hydrogen-bond donors (Lipinski definition) is 1. The number of ether oxygens (including phenoxy) is 2. The SMILES string of the molecule is COCCNC(=O)C1COC2(CCN(C(=O)c3ccc(C)cc3)CC2)N1C(=O)c1ccc(F)cc1. The molecule has 4 rings (SSSR count). The molecule has 3 amide bonds. The largest absolute Gasteiger partial charge is 0.383 e. The van der Waals surface area contributed by atoms with E-state index in [4.69, 9.17) is 9.47 Å². The van der Waals surface area contributed by atoms with E-state index in [2.05, 4.69) is 5.32 Å². The summed E-state index contributed by atoms with van der Waals surface area (Å²) in [6, 6.07) is 11.8. The van der Waals surface area contributed by atoms with Gasteiger partial charge in [-0.2, -0.15) is 0 Å². The molecule has 0 radical (unpaired) electrons. The molecule has 2 aromatic rings. The molecule has 9 heteroatoms. The summed E-state index contributed by atoms with van der Waals surface area (Å²) in [7, 11) is 1.54. The lowest BCUT2D eigenvalue weighted by Gasteiger charge is -2.44. The zero-order valence-electron chi connectivity index (χ0n) is 20.0. The number of amides is 3. The van der Waals surface area contributed by atoms with Crippen LogP contribution in [0.5, 0.6) is 0 Å². The zero-order valence-corrected chi connectivity index (χ0v) is 20.0. The summed E-state index contributed by atoms with van der Waals surface area (Å²) in [5, 5.41) is 2.78. The van der Waals surface area contributed by atoms with E-state index in [9.17, 15) is 18.8 Å². The molecule has 1 atom stereocenters. The minimum Gasteiger partial charge on any atom is -0.383 e. The number of nitrogens with zero attached hydrogens (tertiary/aromatic N) is 2. The summed E-state index contributed by atoms with van der Waals surface area (Å²) < 4.78 is 24.6. The zero-order chi connectivity index (χ0) is 25.0. The van der Waals surface area contributed by atoms with Crippen molar-refractivity contribution in [1.82, 2.24) is 15.1 Å². The summed E-state index contributed by atoms with van der Waals surface area (Å²) >= 11 is 0. The molecule has 8 nitrogen and oxygen atoms in total. The van der Waals surface area contributed by atoms with E-state index in [1.807, 2.05) is 19.1 Å². The number of methoxy groups -OCH3 is 1. The van der Waals surface area contributed by atoms with Crippen molar-refractivity contribution in [2.75, 3.05) is 40.0 Å². The lowest BCUT2D eigenvalue weighted by atomic mass is 9.96. The van der Waals surface area contributed by atoms with Gasteiger partial charge in [0.25, 0.3) is 11.8 Å². The minimum atomic E-state index is -1.03. The number of carbonyl (C=O) groups excluding carboxylic acids is 3. The van der Waals surface area contributed by atoms with Gasteiger partial charge in [-0.1, -0.05) is 17.7 Å². The number of piperidine rings is 1. The van der Waals surface area contributed by atoms with Crippen LogP contribution in [0.4, 0.5) is 4.39 Å². The molecule has 2 fully saturated rings. The summed E-state index contributed by atoms with van der Waals surface area (Å²) in [5.41, 5.74) is 0.916. The molecule has 2 saturated heterocycles. The van der Waals surface area contributed by atoms with Gasteiger partial charge >= 0.3 is 0 Å². The van der Waals surface area contributed by atoms with Gasteiger partial charge in [-0.3, -0.25) is 19.3 Å². The normalized spacial score (nSPS) is 19.1. The summed E-state index contributed by atoms with van der Waals surface area (Å²) in [6.07, 6.45) is 0.721. The third-order valence-electron chi connectivity index (χ3n) is 6.61. The van der Waals surface area contributed by atoms with E-state index in [-0.39, 0.29) is 24.0 Å². The smallest absolute Gasteiger partial charge is 0.256 e. The van der Waals surface area contributed by atoms with Crippen molar-refractivity contribution >= 4 is 17.7 Å². The molecule has 1 spiro atoms. The van der Waals surface area contributed by atoms with Gasteiger partial charge in [-0.25, -0.2) is 4.39 Å². The van der Waals surface area contributed by atoms with E-state index in [1.54, 1.807) is 17.0 Å². The molecule has 0 saturated carbocycles. The molecule has 1 unspecified atom stereocenters. The van der Waals surface area contributed by atoms with Gasteiger partial charge < -0.3 is 19.7 Å². The average Bonchev–Trinajstić information content (AvgIpc) is 3.23. The molecule has 2 aliphatic rings. The number of rotatable bonds is 6. The van der Waals surface area contributed by atoms with Crippen LogP contribution in [0.3, 0.4) is 0 Å². The van der Waals surface area contributed by atoms with Gasteiger partial charge in [0.05, 0.1) is 13.2 Å². The lowest BCUT2D eigenvalue weighted by molar-refractivity contribution is -0.128. The van der Waals surface area contributed by atoms with Crippen molar-refractivity contribution in [3.63, 3.8) is 0 Å². The fraction of sp³-hybridized carbons (Fsp3) is 0.423. The van der Waals surface area contributed by atoms with Crippen molar-refractivity contribution in [3.05, 3.63) is 71.0 Å². The van der Waals surface area contributed by atoms with Crippen LogP contribution in [-0.4, -0.2) is 79.2 Å². The lowest BCUT2D eigenvalue weighted by Crippen LogP contribution is -2.60. The van der Waals surface area contributed by atoms with Gasteiger partial charge in [0.1, 0.15) is 17.6 Å². The van der Waals surface area contributed by atoms with E-state index < -0.39 is 23.5 Å². The first-order valence-corrected chi connectivity index (χ1v) is 11.7. The molecule has 2 aliphatic heterocycles. The van der Waals surface area contributed by atoms with Crippen LogP contribution in [0, 0.1) is 12.7 Å². The minimum absolute atomic E-state index is 0.0393. The van der Waals surface area contributed by atoms with Crippen LogP contribution in [0.15, 0.2) is 48.5 Å². The predicted molar refractivity (Wildman–Crippen MR) is 126 cm³/mol. The maximum absolute atomic E-state index is 13.6. The Balaban J connectivity index is 1.54. The second kappa shape index (κ2) is 10.5. The maximum Gasteiger partial charge on any atom is 0.256 e. The third kappa shape index (κ3) is 5.21. The van der Waals surface area contributed by atoms with Crippen LogP contribution in [-0.2, 0) is 14.3 Å². The number of aryl methyl sites for hydroxylation is 1. The molecule has 186 valence electrons. The quantitative estimate of drug-likeness (QED) is 0.638. The highest BCUT2D eigenvalue weighted by atomic mass is 19.1. The molecule has 0 bridgehead atoms. The summed E-state index contributed by atoms with van der Waals surface area (Å²) in [4.78, 5) is 42.8. The summed E-state index contributed by atoms with van der Waals surface area (Å²) in [6.45, 7) is 3.39. The molecule has 1 N–H and O–H groups in total. The highest BCUT2D eigenvalue weighted by molar-refractivity contribution is 5.98. The standard InChI is InChI=1S/C26H30FN3O5/c1-18-3-5-19(6-4-18)24(32)29-14-11-26(12-15-29)30(25(33)20-7-9-21(27)10-8-20)22(17-35-26)23(31)28-13-16-34-2/h3-10,22H,11-17H2,1-2H3,(H,28,31). The molecular formula is C26H30FN3O5. The maximum atomic E-state index is 13.6. The van der Waals surface area contributed by atoms with Gasteiger partial charge in [0.15, 0.2) is 0 Å². The van der Waals surface area contributed by atoms with E-state index >= 15 is 0 Å². The Morgan fingerprint density at radius 1 is 1.03 bits per heavy atom. The molecule has 2 aromatic carbocycles. The third-order valence-corrected chi connectivity index (χ3v) is 6.61. The van der Waals surface area contributed by atoms with Crippen molar-refractivity contribution in [2.24, 2.45) is 0 Å². The van der Waals surface area contributed by atoms with Crippen LogP contribution in [0.1, 0.15) is 39.1 Å². The highest BCUT2D eigenvalue weighted by Crippen LogP contribution is 2.38. The number of nitrogens with one attached hydrogen (secondary N) is 1. The monoisotopic (exact) mass is 483 g/mol. The summed E-state index contributed by atoms with van der Waals surface area (Å²) in [5.74, 6) is -1.28. The van der Waals surface area contributed by atoms with Crippen LogP contribution < -0.4 is 5.32 Å².